The summed E-state index contributed by atoms with van der Waals surface area (Å²) in [5.74, 6) is -0.194. The molecule has 5 heteroatoms. The molecule has 0 bridgehead atoms. The maximum atomic E-state index is 11.0. The van der Waals surface area contributed by atoms with E-state index in [1.807, 2.05) is 18.2 Å². The molecule has 2 aromatic carbocycles. The Kier molecular flexibility index (Phi) is 3.39. The van der Waals surface area contributed by atoms with Crippen molar-refractivity contribution >= 4 is 10.8 Å². The molecule has 3 aromatic rings. The van der Waals surface area contributed by atoms with Gasteiger partial charge in [0, 0.05) is 7.11 Å². The molecule has 0 aliphatic heterocycles. The van der Waals surface area contributed by atoms with Gasteiger partial charge in [-0.15, -0.1) is 0 Å². The first-order valence-corrected chi connectivity index (χ1v) is 7.80. The first kappa shape index (κ1) is 14.4. The van der Waals surface area contributed by atoms with Gasteiger partial charge in [0.2, 0.25) is 0 Å². The molecular weight excluding hydrogens is 290 g/mol. The average Bonchev–Trinajstić information content (AvgIpc) is 3.18. The van der Waals surface area contributed by atoms with Crippen LogP contribution in [0.3, 0.4) is 0 Å². The van der Waals surface area contributed by atoms with Crippen molar-refractivity contribution in [1.29, 1.82) is 0 Å². The van der Waals surface area contributed by atoms with Crippen molar-refractivity contribution in [2.75, 3.05) is 7.11 Å². The van der Waals surface area contributed by atoms with Crippen LogP contribution in [0, 0.1) is 0 Å². The highest BCUT2D eigenvalue weighted by atomic mass is 16.5. The zero-order chi connectivity index (χ0) is 15.9. The normalized spacial score (nSPS) is 18.7. The fourth-order valence-electron chi connectivity index (χ4n) is 3.51. The van der Waals surface area contributed by atoms with Crippen LogP contribution < -0.4 is 0 Å². The number of fused-ring (bicyclic) bond motifs is 1. The van der Waals surface area contributed by atoms with E-state index in [0.29, 0.717) is 0 Å². The number of hydrogen-bond acceptors (Lipinski definition) is 4. The van der Waals surface area contributed by atoms with Gasteiger partial charge in [0.05, 0.1) is 11.5 Å². The van der Waals surface area contributed by atoms with E-state index in [4.69, 9.17) is 4.74 Å². The van der Waals surface area contributed by atoms with E-state index in [0.717, 1.165) is 29.2 Å². The second-order valence-electron chi connectivity index (χ2n) is 6.10. The van der Waals surface area contributed by atoms with Crippen molar-refractivity contribution in [2.45, 2.75) is 30.6 Å². The Morgan fingerprint density at radius 3 is 2.65 bits per heavy atom. The molecule has 1 saturated carbocycles. The maximum absolute atomic E-state index is 11.0. The third-order valence-corrected chi connectivity index (χ3v) is 4.88. The Labute approximate surface area is 134 Å². The van der Waals surface area contributed by atoms with E-state index in [1.165, 1.54) is 11.0 Å². The van der Waals surface area contributed by atoms with E-state index < -0.39 is 6.23 Å². The van der Waals surface area contributed by atoms with Gasteiger partial charge >= 0.3 is 0 Å². The summed E-state index contributed by atoms with van der Waals surface area (Å²) in [4.78, 5) is 3.96. The molecule has 1 fully saturated rings. The predicted octanol–water partition coefficient (Wildman–Crippen LogP) is 2.89. The summed E-state index contributed by atoms with van der Waals surface area (Å²) in [7, 11) is 1.72. The van der Waals surface area contributed by atoms with Crippen LogP contribution in [0.4, 0.5) is 0 Å². The van der Waals surface area contributed by atoms with E-state index in [2.05, 4.69) is 34.3 Å². The number of benzene rings is 2. The van der Waals surface area contributed by atoms with Gasteiger partial charge in [0.1, 0.15) is 12.7 Å². The minimum absolute atomic E-state index is 0.194. The fourth-order valence-corrected chi connectivity index (χ4v) is 3.51. The first-order valence-electron chi connectivity index (χ1n) is 7.80. The topological polar surface area (TPSA) is 60.2 Å². The lowest BCUT2D eigenvalue weighted by atomic mass is 9.86. The number of aliphatic hydroxyl groups is 1. The van der Waals surface area contributed by atoms with Crippen molar-refractivity contribution in [2.24, 2.45) is 0 Å². The standard InChI is InChI=1S/C18H19N3O2/c1-23-18(9-10-18)16(17(22)21-12-19-11-20-21)15-8-4-6-13-5-2-3-7-14(13)15/h2-8,11-12,16-17,22H,9-10H2,1H3. The van der Waals surface area contributed by atoms with Crippen LogP contribution >= 0.6 is 0 Å². The van der Waals surface area contributed by atoms with Crippen LogP contribution in [0.25, 0.3) is 10.8 Å². The van der Waals surface area contributed by atoms with Crippen LogP contribution in [0.15, 0.2) is 55.1 Å². The molecule has 0 radical (unpaired) electrons. The number of methoxy groups -OCH3 is 1. The van der Waals surface area contributed by atoms with Crippen molar-refractivity contribution in [3.63, 3.8) is 0 Å². The summed E-state index contributed by atoms with van der Waals surface area (Å²) < 4.78 is 7.32. The molecule has 0 amide bonds. The number of hydrogen-bond donors (Lipinski definition) is 1. The third kappa shape index (κ3) is 2.33. The Bertz CT molecular complexity index is 807. The monoisotopic (exact) mass is 309 g/mol. The molecule has 4 rings (SSSR count). The lowest BCUT2D eigenvalue weighted by molar-refractivity contribution is -0.0315. The van der Waals surface area contributed by atoms with Crippen LogP contribution in [-0.4, -0.2) is 32.6 Å². The minimum atomic E-state index is -0.814. The van der Waals surface area contributed by atoms with Gasteiger partial charge in [0.25, 0.3) is 0 Å². The largest absolute Gasteiger partial charge is 0.377 e. The van der Waals surface area contributed by atoms with Gasteiger partial charge in [-0.05, 0) is 29.2 Å². The number of aromatic nitrogens is 3. The summed E-state index contributed by atoms with van der Waals surface area (Å²) in [6, 6.07) is 14.4. The molecule has 1 N–H and O–H groups in total. The second kappa shape index (κ2) is 5.44. The molecule has 2 atom stereocenters. The van der Waals surface area contributed by atoms with Crippen molar-refractivity contribution in [3.8, 4) is 0 Å². The zero-order valence-electron chi connectivity index (χ0n) is 13.0. The summed E-state index contributed by atoms with van der Waals surface area (Å²) in [6.07, 6.45) is 4.04. The SMILES string of the molecule is COC1(C(c2cccc3ccccc23)C(O)n2cncn2)CC1. The molecule has 0 spiro atoms. The van der Waals surface area contributed by atoms with Gasteiger partial charge in [-0.1, -0.05) is 42.5 Å². The van der Waals surface area contributed by atoms with Crippen molar-refractivity contribution in [3.05, 3.63) is 60.7 Å². The zero-order valence-corrected chi connectivity index (χ0v) is 13.0. The van der Waals surface area contributed by atoms with Gasteiger partial charge < -0.3 is 9.84 Å². The van der Waals surface area contributed by atoms with Crippen LogP contribution in [0.2, 0.25) is 0 Å². The van der Waals surface area contributed by atoms with E-state index >= 15 is 0 Å². The summed E-state index contributed by atoms with van der Waals surface area (Å²) in [6.45, 7) is 0. The quantitative estimate of drug-likeness (QED) is 0.787. The highest BCUT2D eigenvalue weighted by Crippen LogP contribution is 2.54. The molecule has 1 heterocycles. The third-order valence-electron chi connectivity index (χ3n) is 4.88. The van der Waals surface area contributed by atoms with Crippen LogP contribution in [-0.2, 0) is 4.74 Å². The van der Waals surface area contributed by atoms with E-state index in [-0.39, 0.29) is 11.5 Å². The van der Waals surface area contributed by atoms with E-state index in [9.17, 15) is 5.11 Å². The maximum Gasteiger partial charge on any atom is 0.158 e. The van der Waals surface area contributed by atoms with Crippen molar-refractivity contribution in [1.82, 2.24) is 14.8 Å². The highest BCUT2D eigenvalue weighted by molar-refractivity contribution is 5.86. The molecule has 1 aliphatic carbocycles. The number of nitrogens with zero attached hydrogens (tertiary/aromatic N) is 3. The van der Waals surface area contributed by atoms with E-state index in [1.54, 1.807) is 13.4 Å². The Morgan fingerprint density at radius 2 is 1.96 bits per heavy atom. The van der Waals surface area contributed by atoms with Crippen LogP contribution in [0.1, 0.15) is 30.6 Å². The second-order valence-corrected chi connectivity index (χ2v) is 6.10. The van der Waals surface area contributed by atoms with Crippen LogP contribution in [0.5, 0.6) is 0 Å². The highest BCUT2D eigenvalue weighted by Gasteiger charge is 2.54. The molecule has 118 valence electrons. The molecule has 5 nitrogen and oxygen atoms in total. The molecule has 1 aromatic heterocycles. The predicted molar refractivity (Wildman–Crippen MR) is 86.9 cm³/mol. The number of rotatable bonds is 5. The van der Waals surface area contributed by atoms with Crippen molar-refractivity contribution < 1.29 is 9.84 Å². The molecule has 2 unspecified atom stereocenters. The van der Waals surface area contributed by atoms with Gasteiger partial charge in [-0.25, -0.2) is 9.67 Å². The smallest absolute Gasteiger partial charge is 0.158 e. The Hall–Kier alpha value is -2.24. The summed E-state index contributed by atoms with van der Waals surface area (Å²) in [5.41, 5.74) is 0.751. The molecule has 23 heavy (non-hydrogen) atoms. The number of ether oxygens (including phenoxy) is 1. The molecular formula is C18H19N3O2. The average molecular weight is 309 g/mol. The Balaban J connectivity index is 1.88. The lowest BCUT2D eigenvalue weighted by Gasteiger charge is -2.31. The number of aliphatic hydroxyl groups excluding tert-OH is 1. The van der Waals surface area contributed by atoms with Gasteiger partial charge in [-0.3, -0.25) is 0 Å². The van der Waals surface area contributed by atoms with Gasteiger partial charge in [0.15, 0.2) is 6.23 Å². The lowest BCUT2D eigenvalue weighted by Crippen LogP contribution is -2.31. The first-order chi connectivity index (χ1) is 11.2. The summed E-state index contributed by atoms with van der Waals surface area (Å²) >= 11 is 0. The fraction of sp³-hybridized carbons (Fsp3) is 0.333. The molecule has 1 aliphatic rings. The summed E-state index contributed by atoms with van der Waals surface area (Å²) in [5, 5.41) is 17.4. The van der Waals surface area contributed by atoms with Gasteiger partial charge in [-0.2, -0.15) is 5.10 Å². The Morgan fingerprint density at radius 1 is 1.17 bits per heavy atom. The molecule has 0 saturated heterocycles. The minimum Gasteiger partial charge on any atom is -0.377 e.